The third-order valence-corrected chi connectivity index (χ3v) is 6.04. The van der Waals surface area contributed by atoms with Crippen LogP contribution in [0.25, 0.3) is 0 Å². The molecule has 0 aliphatic heterocycles. The number of alkyl carbamates (subject to hydrolysis) is 1. The van der Waals surface area contributed by atoms with Crippen molar-refractivity contribution in [2.24, 2.45) is 11.8 Å². The monoisotopic (exact) mass is 566 g/mol. The van der Waals surface area contributed by atoms with Gasteiger partial charge >= 0.3 is 12.1 Å². The lowest BCUT2D eigenvalue weighted by molar-refractivity contribution is -0.165. The number of nitriles is 1. The molecule has 0 aliphatic rings. The van der Waals surface area contributed by atoms with E-state index in [1.165, 1.54) is 4.90 Å². The van der Waals surface area contributed by atoms with Crippen LogP contribution in [0.4, 0.5) is 4.79 Å². The Hall–Kier alpha value is -2.83. The molecule has 0 unspecified atom stereocenters. The van der Waals surface area contributed by atoms with Gasteiger partial charge in [-0.3, -0.25) is 9.59 Å². The molecule has 2 N–H and O–H groups in total. The number of carbonyl (C=O) groups is 4. The number of amides is 3. The number of nitrogens with zero attached hydrogens (tertiary/aromatic N) is 2. The van der Waals surface area contributed by atoms with Gasteiger partial charge in [-0.15, -0.1) is 0 Å². The van der Waals surface area contributed by atoms with Gasteiger partial charge in [-0.25, -0.2) is 9.59 Å². The molecule has 230 valence electrons. The zero-order valence-electron chi connectivity index (χ0n) is 26.7. The number of nitrogens with one attached hydrogen (secondary N) is 2. The van der Waals surface area contributed by atoms with Gasteiger partial charge in [0.15, 0.2) is 0 Å². The molecule has 0 bridgehead atoms. The maximum Gasteiger partial charge on any atom is 0.408 e. The van der Waals surface area contributed by atoms with Crippen molar-refractivity contribution in [2.75, 3.05) is 7.05 Å². The normalized spacial score (nSPS) is 14.8. The summed E-state index contributed by atoms with van der Waals surface area (Å²) in [5.74, 6) is -1.28. The lowest BCUT2D eigenvalue weighted by Crippen LogP contribution is -2.57. The summed E-state index contributed by atoms with van der Waals surface area (Å²) in [7, 11) is 1.56. The molecule has 3 amide bonds. The fraction of sp³-hybridized carbons (Fsp3) is 0.833. The first-order valence-electron chi connectivity index (χ1n) is 14.5. The third-order valence-electron chi connectivity index (χ3n) is 6.04. The molecule has 4 atom stereocenters. The van der Waals surface area contributed by atoms with Gasteiger partial charge in [0.25, 0.3) is 0 Å². The fourth-order valence-corrected chi connectivity index (χ4v) is 4.12. The Morgan fingerprint density at radius 1 is 0.875 bits per heavy atom. The van der Waals surface area contributed by atoms with E-state index in [1.807, 2.05) is 26.8 Å². The first kappa shape index (κ1) is 37.2. The van der Waals surface area contributed by atoms with E-state index < -0.39 is 53.2 Å². The number of ether oxygens (including phenoxy) is 2. The van der Waals surface area contributed by atoms with Gasteiger partial charge in [-0.1, -0.05) is 47.0 Å². The zero-order chi connectivity index (χ0) is 31.3. The minimum absolute atomic E-state index is 0.0222. The van der Waals surface area contributed by atoms with Crippen LogP contribution in [0.5, 0.6) is 0 Å². The number of rotatable bonds is 15. The van der Waals surface area contributed by atoms with Gasteiger partial charge in [0, 0.05) is 13.5 Å². The van der Waals surface area contributed by atoms with Crippen molar-refractivity contribution < 1.29 is 28.7 Å². The van der Waals surface area contributed by atoms with E-state index in [1.54, 1.807) is 48.6 Å². The summed E-state index contributed by atoms with van der Waals surface area (Å²) in [6, 6.07) is -0.847. The van der Waals surface area contributed by atoms with Crippen LogP contribution in [0, 0.1) is 23.2 Å². The summed E-state index contributed by atoms with van der Waals surface area (Å²) in [5.41, 5.74) is -1.50. The third kappa shape index (κ3) is 15.7. The second-order valence-corrected chi connectivity index (χ2v) is 13.1. The number of unbranched alkanes of at least 4 members (excludes halogenated alkanes) is 1. The van der Waals surface area contributed by atoms with Crippen molar-refractivity contribution in [3.8, 4) is 6.07 Å². The van der Waals surface area contributed by atoms with Gasteiger partial charge in [0.05, 0.1) is 6.07 Å². The average Bonchev–Trinajstić information content (AvgIpc) is 2.79. The van der Waals surface area contributed by atoms with Crippen molar-refractivity contribution in [3.05, 3.63) is 0 Å². The number of esters is 1. The Morgan fingerprint density at radius 3 is 1.93 bits per heavy atom. The first-order valence-corrected chi connectivity index (χ1v) is 14.5. The standard InChI is InChI=1S/C30H54N4O6/c1-12-13-15-21(4)19-23(26(36)34(11)24(18-20(2)3)27(37)39-29(5,6)7)32-25(35)22(16-14-17-31)33-28(38)40-30(8,9)10/h20-24H,12-16,18-19H2,1-11H3,(H,32,35)(H,33,38)/t21-,22-,23+,24+/m1/s1. The van der Waals surface area contributed by atoms with Gasteiger partial charge in [0.1, 0.15) is 29.3 Å². The highest BCUT2D eigenvalue weighted by Gasteiger charge is 2.36. The van der Waals surface area contributed by atoms with Gasteiger partial charge < -0.3 is 25.0 Å². The van der Waals surface area contributed by atoms with Crippen LogP contribution in [0.2, 0.25) is 0 Å². The van der Waals surface area contributed by atoms with E-state index in [2.05, 4.69) is 17.6 Å². The van der Waals surface area contributed by atoms with E-state index >= 15 is 0 Å². The lowest BCUT2D eigenvalue weighted by Gasteiger charge is -2.34. The summed E-state index contributed by atoms with van der Waals surface area (Å²) in [4.78, 5) is 54.2. The molecule has 0 aliphatic carbocycles. The maximum absolute atomic E-state index is 13.9. The molecule has 10 heteroatoms. The molecule has 10 nitrogen and oxygen atoms in total. The van der Waals surface area contributed by atoms with Crippen LogP contribution in [0.1, 0.15) is 114 Å². The van der Waals surface area contributed by atoms with Crippen LogP contribution in [0.15, 0.2) is 0 Å². The largest absolute Gasteiger partial charge is 0.458 e. The molecule has 0 rings (SSSR count). The fourth-order valence-electron chi connectivity index (χ4n) is 4.12. The van der Waals surface area contributed by atoms with E-state index in [-0.39, 0.29) is 24.7 Å². The molecule has 0 aromatic heterocycles. The van der Waals surface area contributed by atoms with Crippen LogP contribution in [0.3, 0.4) is 0 Å². The minimum atomic E-state index is -1.07. The Kier molecular flexibility index (Phi) is 15.9. The second kappa shape index (κ2) is 17.1. The molecule has 0 spiro atoms. The van der Waals surface area contributed by atoms with E-state index in [9.17, 15) is 19.2 Å². The molecule has 0 fully saturated rings. The van der Waals surface area contributed by atoms with Crippen molar-refractivity contribution in [1.29, 1.82) is 5.26 Å². The highest BCUT2D eigenvalue weighted by molar-refractivity contribution is 5.93. The number of likely N-dealkylation sites (N-methyl/N-ethyl adjacent to an activating group) is 1. The highest BCUT2D eigenvalue weighted by atomic mass is 16.6. The Labute approximate surface area is 241 Å². The minimum Gasteiger partial charge on any atom is -0.458 e. The highest BCUT2D eigenvalue weighted by Crippen LogP contribution is 2.21. The van der Waals surface area contributed by atoms with E-state index in [0.29, 0.717) is 12.8 Å². The Morgan fingerprint density at radius 2 is 1.45 bits per heavy atom. The van der Waals surface area contributed by atoms with Crippen molar-refractivity contribution in [2.45, 2.75) is 144 Å². The lowest BCUT2D eigenvalue weighted by atomic mass is 9.94. The number of hydrogen-bond donors (Lipinski definition) is 2. The van der Waals surface area contributed by atoms with Gasteiger partial charge in [0.2, 0.25) is 11.8 Å². The van der Waals surface area contributed by atoms with Crippen LogP contribution >= 0.6 is 0 Å². The van der Waals surface area contributed by atoms with E-state index in [4.69, 9.17) is 14.7 Å². The molecule has 0 heterocycles. The van der Waals surface area contributed by atoms with Crippen molar-refractivity contribution in [3.63, 3.8) is 0 Å². The smallest absolute Gasteiger partial charge is 0.408 e. The zero-order valence-corrected chi connectivity index (χ0v) is 26.7. The van der Waals surface area contributed by atoms with Crippen LogP contribution in [-0.2, 0) is 23.9 Å². The summed E-state index contributed by atoms with van der Waals surface area (Å²) in [6.45, 7) is 18.5. The second-order valence-electron chi connectivity index (χ2n) is 13.1. The summed E-state index contributed by atoms with van der Waals surface area (Å²) in [5, 5.41) is 14.5. The molecular weight excluding hydrogens is 512 g/mol. The maximum atomic E-state index is 13.9. The molecule has 0 aromatic carbocycles. The van der Waals surface area contributed by atoms with Crippen molar-refractivity contribution in [1.82, 2.24) is 15.5 Å². The van der Waals surface area contributed by atoms with Crippen LogP contribution in [-0.4, -0.2) is 65.2 Å². The van der Waals surface area contributed by atoms with Gasteiger partial charge in [-0.2, -0.15) is 5.26 Å². The van der Waals surface area contributed by atoms with Crippen molar-refractivity contribution >= 4 is 23.9 Å². The molecular formula is C30H54N4O6. The topological polar surface area (TPSA) is 138 Å². The predicted molar refractivity (Wildman–Crippen MR) is 155 cm³/mol. The molecule has 0 saturated heterocycles. The first-order chi connectivity index (χ1) is 18.3. The molecule has 40 heavy (non-hydrogen) atoms. The predicted octanol–water partition coefficient (Wildman–Crippen LogP) is 5.10. The SMILES string of the molecule is CCCC[C@@H](C)C[C@H](NC(=O)[C@@H](CCC#N)NC(=O)OC(C)(C)C)C(=O)N(C)[C@@H](CC(C)C)C(=O)OC(C)(C)C. The molecule has 0 aromatic rings. The summed E-state index contributed by atoms with van der Waals surface area (Å²) < 4.78 is 10.9. The Bertz CT molecular complexity index is 869. The van der Waals surface area contributed by atoms with Crippen LogP contribution < -0.4 is 10.6 Å². The number of carbonyl (C=O) groups excluding carboxylic acids is 4. The summed E-state index contributed by atoms with van der Waals surface area (Å²) in [6.07, 6.45) is 2.89. The quantitative estimate of drug-likeness (QED) is 0.263. The average molecular weight is 567 g/mol. The molecule has 0 saturated carbocycles. The van der Waals surface area contributed by atoms with Gasteiger partial charge in [-0.05, 0) is 72.6 Å². The number of hydrogen-bond acceptors (Lipinski definition) is 7. The summed E-state index contributed by atoms with van der Waals surface area (Å²) >= 11 is 0. The Balaban J connectivity index is 6.11. The van der Waals surface area contributed by atoms with E-state index in [0.717, 1.165) is 19.3 Å². The molecule has 0 radical (unpaired) electrons.